The topological polar surface area (TPSA) is 72.2 Å². The predicted octanol–water partition coefficient (Wildman–Crippen LogP) is 2.70. The molecule has 0 unspecified atom stereocenters. The fourth-order valence-corrected chi connectivity index (χ4v) is 3.92. The zero-order valence-electron chi connectivity index (χ0n) is 18.1. The third-order valence-corrected chi connectivity index (χ3v) is 5.76. The number of amides is 1. The number of piperazine rings is 1. The second-order valence-electron chi connectivity index (χ2n) is 7.51. The molecular formula is C22H27N5O3. The maximum atomic E-state index is 11.7. The normalized spacial score (nSPS) is 14.3. The van der Waals surface area contributed by atoms with Gasteiger partial charge in [0.2, 0.25) is 5.91 Å². The van der Waals surface area contributed by atoms with Gasteiger partial charge in [0.25, 0.3) is 0 Å². The van der Waals surface area contributed by atoms with Crippen LogP contribution >= 0.6 is 0 Å². The summed E-state index contributed by atoms with van der Waals surface area (Å²) in [5, 5.41) is 4.88. The first-order valence-electron chi connectivity index (χ1n) is 10.0. The van der Waals surface area contributed by atoms with E-state index in [0.29, 0.717) is 24.6 Å². The molecule has 8 nitrogen and oxygen atoms in total. The molecule has 2 aromatic heterocycles. The number of benzene rings is 1. The van der Waals surface area contributed by atoms with Gasteiger partial charge >= 0.3 is 0 Å². The summed E-state index contributed by atoms with van der Waals surface area (Å²) >= 11 is 0. The molecule has 0 saturated carbocycles. The van der Waals surface area contributed by atoms with Crippen LogP contribution in [0.4, 0.5) is 5.82 Å². The Balaban J connectivity index is 1.77. The second kappa shape index (κ2) is 7.85. The number of carbonyl (C=O) groups excluding carboxylic acids is 1. The minimum atomic E-state index is 0.122. The Morgan fingerprint density at radius 3 is 2.33 bits per heavy atom. The highest BCUT2D eigenvalue weighted by Crippen LogP contribution is 2.33. The van der Waals surface area contributed by atoms with Crippen molar-refractivity contribution in [2.24, 2.45) is 0 Å². The Bertz CT molecular complexity index is 1100. The molecule has 0 radical (unpaired) electrons. The summed E-state index contributed by atoms with van der Waals surface area (Å²) < 4.78 is 12.7. The van der Waals surface area contributed by atoms with E-state index in [0.717, 1.165) is 47.1 Å². The van der Waals surface area contributed by atoms with Crippen LogP contribution in [0.1, 0.15) is 18.2 Å². The summed E-state index contributed by atoms with van der Waals surface area (Å²) in [6.07, 6.45) is 0. The molecule has 0 aliphatic carbocycles. The molecule has 1 saturated heterocycles. The molecule has 4 rings (SSSR count). The Labute approximate surface area is 176 Å². The number of rotatable bonds is 4. The van der Waals surface area contributed by atoms with Gasteiger partial charge in [0.15, 0.2) is 17.1 Å². The standard InChI is InChI=1S/C22H27N5O3/c1-14-15(2)23-21-13-18(17-6-7-19(29-4)20(12-17)30-5)24-27(21)22(14)26-10-8-25(9-11-26)16(3)28/h6-7,12-13H,8-11H2,1-5H3. The average Bonchev–Trinajstić information content (AvgIpc) is 3.17. The van der Waals surface area contributed by atoms with E-state index >= 15 is 0 Å². The summed E-state index contributed by atoms with van der Waals surface area (Å²) in [5.41, 5.74) is 4.62. The molecule has 0 atom stereocenters. The van der Waals surface area contributed by atoms with E-state index in [4.69, 9.17) is 19.6 Å². The number of carbonyl (C=O) groups is 1. The number of anilines is 1. The highest BCUT2D eigenvalue weighted by atomic mass is 16.5. The van der Waals surface area contributed by atoms with E-state index in [1.807, 2.05) is 40.6 Å². The summed E-state index contributed by atoms with van der Waals surface area (Å²) in [6.45, 7) is 8.68. The highest BCUT2D eigenvalue weighted by Gasteiger charge is 2.24. The lowest BCUT2D eigenvalue weighted by molar-refractivity contribution is -0.129. The fourth-order valence-electron chi connectivity index (χ4n) is 3.92. The summed E-state index contributed by atoms with van der Waals surface area (Å²) in [4.78, 5) is 20.6. The molecular weight excluding hydrogens is 382 g/mol. The van der Waals surface area contributed by atoms with Crippen molar-refractivity contribution in [3.05, 3.63) is 35.5 Å². The molecule has 1 aliphatic heterocycles. The molecule has 30 heavy (non-hydrogen) atoms. The van der Waals surface area contributed by atoms with Crippen LogP contribution < -0.4 is 14.4 Å². The van der Waals surface area contributed by atoms with Gasteiger partial charge in [-0.25, -0.2) is 4.98 Å². The van der Waals surface area contributed by atoms with Crippen LogP contribution in [0.15, 0.2) is 24.3 Å². The van der Waals surface area contributed by atoms with Gasteiger partial charge < -0.3 is 19.3 Å². The molecule has 0 N–H and O–H groups in total. The SMILES string of the molecule is COc1ccc(-c2cc3nc(C)c(C)c(N4CCN(C(C)=O)CC4)n3n2)cc1OC. The van der Waals surface area contributed by atoms with Gasteiger partial charge in [-0.3, -0.25) is 4.79 Å². The van der Waals surface area contributed by atoms with Crippen molar-refractivity contribution in [3.63, 3.8) is 0 Å². The minimum Gasteiger partial charge on any atom is -0.493 e. The number of hydrogen-bond acceptors (Lipinski definition) is 6. The van der Waals surface area contributed by atoms with Crippen molar-refractivity contribution in [1.29, 1.82) is 0 Å². The lowest BCUT2D eigenvalue weighted by atomic mass is 10.1. The maximum Gasteiger partial charge on any atom is 0.219 e. The highest BCUT2D eigenvalue weighted by molar-refractivity contribution is 5.74. The van der Waals surface area contributed by atoms with Crippen LogP contribution in [-0.4, -0.2) is 65.8 Å². The number of aryl methyl sites for hydroxylation is 1. The number of ether oxygens (including phenoxy) is 2. The van der Waals surface area contributed by atoms with E-state index in [1.165, 1.54) is 0 Å². The Morgan fingerprint density at radius 2 is 1.70 bits per heavy atom. The summed E-state index contributed by atoms with van der Waals surface area (Å²) in [5.74, 6) is 2.50. The predicted molar refractivity (Wildman–Crippen MR) is 115 cm³/mol. The van der Waals surface area contributed by atoms with E-state index in [2.05, 4.69) is 11.8 Å². The first-order chi connectivity index (χ1) is 14.4. The number of methoxy groups -OCH3 is 2. The summed E-state index contributed by atoms with van der Waals surface area (Å²) in [7, 11) is 3.24. The first kappa shape index (κ1) is 20.0. The van der Waals surface area contributed by atoms with Gasteiger partial charge in [-0.05, 0) is 32.0 Å². The monoisotopic (exact) mass is 409 g/mol. The molecule has 0 bridgehead atoms. The number of aromatic nitrogens is 3. The molecule has 3 aromatic rings. The Hall–Kier alpha value is -3.29. The zero-order chi connectivity index (χ0) is 21.4. The number of hydrogen-bond donors (Lipinski definition) is 0. The molecule has 1 amide bonds. The largest absolute Gasteiger partial charge is 0.493 e. The lowest BCUT2D eigenvalue weighted by Gasteiger charge is -2.36. The van der Waals surface area contributed by atoms with E-state index in [-0.39, 0.29) is 5.91 Å². The Morgan fingerprint density at radius 1 is 1.00 bits per heavy atom. The smallest absolute Gasteiger partial charge is 0.219 e. The second-order valence-corrected chi connectivity index (χ2v) is 7.51. The van der Waals surface area contributed by atoms with E-state index in [1.54, 1.807) is 21.1 Å². The fraction of sp³-hybridized carbons (Fsp3) is 0.409. The van der Waals surface area contributed by atoms with Crippen molar-refractivity contribution in [2.45, 2.75) is 20.8 Å². The van der Waals surface area contributed by atoms with Crippen LogP contribution in [0.5, 0.6) is 11.5 Å². The van der Waals surface area contributed by atoms with Crippen molar-refractivity contribution < 1.29 is 14.3 Å². The van der Waals surface area contributed by atoms with Crippen molar-refractivity contribution >= 4 is 17.4 Å². The Kier molecular flexibility index (Phi) is 5.24. The van der Waals surface area contributed by atoms with Gasteiger partial charge in [0.05, 0.1) is 19.9 Å². The zero-order valence-corrected chi connectivity index (χ0v) is 18.1. The molecule has 8 heteroatoms. The minimum absolute atomic E-state index is 0.122. The average molecular weight is 409 g/mol. The van der Waals surface area contributed by atoms with Gasteiger partial charge in [0.1, 0.15) is 5.82 Å². The van der Waals surface area contributed by atoms with Gasteiger partial charge in [-0.1, -0.05) is 0 Å². The number of nitrogens with zero attached hydrogens (tertiary/aromatic N) is 5. The maximum absolute atomic E-state index is 11.7. The van der Waals surface area contributed by atoms with Crippen LogP contribution in [0, 0.1) is 13.8 Å². The number of fused-ring (bicyclic) bond motifs is 1. The third kappa shape index (κ3) is 3.42. The quantitative estimate of drug-likeness (QED) is 0.660. The van der Waals surface area contributed by atoms with E-state index in [9.17, 15) is 4.79 Å². The van der Waals surface area contributed by atoms with E-state index < -0.39 is 0 Å². The van der Waals surface area contributed by atoms with Gasteiger partial charge in [-0.2, -0.15) is 9.61 Å². The van der Waals surface area contributed by atoms with Crippen LogP contribution in [0.25, 0.3) is 16.9 Å². The molecule has 3 heterocycles. The van der Waals surface area contributed by atoms with Crippen LogP contribution in [0.3, 0.4) is 0 Å². The summed E-state index contributed by atoms with van der Waals surface area (Å²) in [6, 6.07) is 7.76. The molecule has 1 fully saturated rings. The lowest BCUT2D eigenvalue weighted by Crippen LogP contribution is -2.48. The first-order valence-corrected chi connectivity index (χ1v) is 10.0. The van der Waals surface area contributed by atoms with Crippen LogP contribution in [-0.2, 0) is 4.79 Å². The molecule has 1 aliphatic rings. The van der Waals surface area contributed by atoms with Crippen molar-refractivity contribution in [2.75, 3.05) is 45.3 Å². The van der Waals surface area contributed by atoms with Crippen molar-refractivity contribution in [1.82, 2.24) is 19.5 Å². The van der Waals surface area contributed by atoms with Gasteiger partial charge in [0, 0.05) is 56.0 Å². The third-order valence-electron chi connectivity index (χ3n) is 5.76. The molecule has 0 spiro atoms. The van der Waals surface area contributed by atoms with Crippen molar-refractivity contribution in [3.8, 4) is 22.8 Å². The molecule has 158 valence electrons. The van der Waals surface area contributed by atoms with Crippen LogP contribution in [0.2, 0.25) is 0 Å². The molecule has 1 aromatic carbocycles. The van der Waals surface area contributed by atoms with Gasteiger partial charge in [-0.15, -0.1) is 0 Å².